The fourth-order valence-corrected chi connectivity index (χ4v) is 1.34. The summed E-state index contributed by atoms with van der Waals surface area (Å²) in [5.74, 6) is 0. The summed E-state index contributed by atoms with van der Waals surface area (Å²) in [6.07, 6.45) is 15.0. The van der Waals surface area contributed by atoms with E-state index in [0.717, 1.165) is 19.4 Å². The zero-order chi connectivity index (χ0) is 9.78. The summed E-state index contributed by atoms with van der Waals surface area (Å²) >= 11 is 0. The van der Waals surface area contributed by atoms with Crippen molar-refractivity contribution in [3.05, 3.63) is 12.2 Å². The highest BCUT2D eigenvalue weighted by Gasteiger charge is 1.86. The Hall–Kier alpha value is -0.300. The second kappa shape index (κ2) is 11.7. The molecule has 0 rings (SSSR count). The molecule has 0 saturated heterocycles. The zero-order valence-electron chi connectivity index (χ0n) is 9.10. The zero-order valence-corrected chi connectivity index (χ0v) is 9.10. The molecule has 0 radical (unpaired) electrons. The molecule has 0 saturated carbocycles. The molecule has 0 aromatic rings. The number of allylic oxidation sites excluding steroid dienone is 2. The van der Waals surface area contributed by atoms with E-state index < -0.39 is 0 Å². The first-order chi connectivity index (χ1) is 6.41. The maximum absolute atomic E-state index is 5.39. The molecule has 0 aromatic heterocycles. The van der Waals surface area contributed by atoms with E-state index in [1.54, 1.807) is 0 Å². The maximum Gasteiger partial charge on any atom is -0.00743 e. The van der Waals surface area contributed by atoms with Gasteiger partial charge in [-0.3, -0.25) is 0 Å². The Balaban J connectivity index is 2.93. The van der Waals surface area contributed by atoms with Crippen LogP contribution in [0, 0.1) is 0 Å². The van der Waals surface area contributed by atoms with Gasteiger partial charge in [0.25, 0.3) is 0 Å². The molecule has 0 aliphatic rings. The molecule has 1 nitrogen and oxygen atoms in total. The minimum Gasteiger partial charge on any atom is -0.330 e. The molecule has 2 N–H and O–H groups in total. The van der Waals surface area contributed by atoms with Gasteiger partial charge in [0.1, 0.15) is 0 Å². The molecular formula is C12H25N. The molecule has 0 amide bonds. The third-order valence-corrected chi connectivity index (χ3v) is 2.22. The van der Waals surface area contributed by atoms with Gasteiger partial charge in [0.2, 0.25) is 0 Å². The van der Waals surface area contributed by atoms with Gasteiger partial charge >= 0.3 is 0 Å². The predicted octanol–water partition coefficient (Wildman–Crippen LogP) is 3.64. The van der Waals surface area contributed by atoms with E-state index in [1.807, 2.05) is 0 Å². The predicted molar refractivity (Wildman–Crippen MR) is 60.8 cm³/mol. The van der Waals surface area contributed by atoms with Crippen LogP contribution in [0.15, 0.2) is 12.2 Å². The first kappa shape index (κ1) is 12.7. The van der Waals surface area contributed by atoms with Crippen LogP contribution in [0.3, 0.4) is 0 Å². The normalized spacial score (nSPS) is 11.2. The molecule has 1 heteroatoms. The number of nitrogens with two attached hydrogens (primary N) is 1. The summed E-state index contributed by atoms with van der Waals surface area (Å²) in [5, 5.41) is 0. The molecule has 0 atom stereocenters. The first-order valence-corrected chi connectivity index (χ1v) is 5.77. The van der Waals surface area contributed by atoms with Crippen LogP contribution in [-0.4, -0.2) is 6.54 Å². The van der Waals surface area contributed by atoms with Gasteiger partial charge in [-0.25, -0.2) is 0 Å². The quantitative estimate of drug-likeness (QED) is 0.428. The summed E-state index contributed by atoms with van der Waals surface area (Å²) in [5.41, 5.74) is 5.39. The summed E-state index contributed by atoms with van der Waals surface area (Å²) in [6.45, 7) is 3.08. The van der Waals surface area contributed by atoms with Gasteiger partial charge in [0.15, 0.2) is 0 Å². The lowest BCUT2D eigenvalue weighted by atomic mass is 10.1. The standard InChI is InChI=1S/C12H25N/c1-2-3-4-5-6-7-8-9-10-11-12-13/h8-9H,2-7,10-13H2,1H3/b9-8+. The Morgan fingerprint density at radius 1 is 0.846 bits per heavy atom. The largest absolute Gasteiger partial charge is 0.330 e. The average molecular weight is 183 g/mol. The van der Waals surface area contributed by atoms with E-state index in [1.165, 1.54) is 38.5 Å². The molecule has 13 heavy (non-hydrogen) atoms. The van der Waals surface area contributed by atoms with Gasteiger partial charge in [-0.2, -0.15) is 0 Å². The highest BCUT2D eigenvalue weighted by Crippen LogP contribution is 2.05. The Morgan fingerprint density at radius 3 is 2.08 bits per heavy atom. The Labute approximate surface area is 83.4 Å². The minimum atomic E-state index is 0.820. The molecule has 0 spiro atoms. The van der Waals surface area contributed by atoms with Crippen LogP contribution >= 0.6 is 0 Å². The van der Waals surface area contributed by atoms with Crippen molar-refractivity contribution < 1.29 is 0 Å². The number of hydrogen-bond donors (Lipinski definition) is 1. The number of hydrogen-bond acceptors (Lipinski definition) is 1. The van der Waals surface area contributed by atoms with Crippen molar-refractivity contribution in [2.45, 2.75) is 58.3 Å². The molecule has 0 aromatic carbocycles. The van der Waals surface area contributed by atoms with Gasteiger partial charge in [0, 0.05) is 0 Å². The SMILES string of the molecule is CCCCCCC/C=C/CCCN. The van der Waals surface area contributed by atoms with E-state index >= 15 is 0 Å². The van der Waals surface area contributed by atoms with E-state index in [9.17, 15) is 0 Å². The average Bonchev–Trinajstić information content (AvgIpc) is 2.16. The number of unbranched alkanes of at least 4 members (excludes halogenated alkanes) is 6. The highest BCUT2D eigenvalue weighted by molar-refractivity contribution is 4.81. The summed E-state index contributed by atoms with van der Waals surface area (Å²) in [6, 6.07) is 0. The lowest BCUT2D eigenvalue weighted by Crippen LogP contribution is -1.96. The fraction of sp³-hybridized carbons (Fsp3) is 0.833. The van der Waals surface area contributed by atoms with Crippen LogP contribution < -0.4 is 5.73 Å². The Bertz CT molecular complexity index is 108. The maximum atomic E-state index is 5.39. The van der Waals surface area contributed by atoms with Crippen molar-refractivity contribution in [3.63, 3.8) is 0 Å². The summed E-state index contributed by atoms with van der Waals surface area (Å²) in [7, 11) is 0. The van der Waals surface area contributed by atoms with Gasteiger partial charge in [-0.1, -0.05) is 44.8 Å². The van der Waals surface area contributed by atoms with Crippen molar-refractivity contribution in [2.75, 3.05) is 6.54 Å². The van der Waals surface area contributed by atoms with E-state index in [-0.39, 0.29) is 0 Å². The molecule has 0 heterocycles. The molecule has 0 unspecified atom stereocenters. The third kappa shape index (κ3) is 11.7. The Kier molecular flexibility index (Phi) is 11.4. The summed E-state index contributed by atoms with van der Waals surface area (Å²) < 4.78 is 0. The molecule has 0 aliphatic carbocycles. The second-order valence-electron chi connectivity index (χ2n) is 3.61. The molecule has 0 fully saturated rings. The van der Waals surface area contributed by atoms with Crippen molar-refractivity contribution in [2.24, 2.45) is 5.73 Å². The van der Waals surface area contributed by atoms with E-state index in [2.05, 4.69) is 19.1 Å². The topological polar surface area (TPSA) is 26.0 Å². The van der Waals surface area contributed by atoms with Crippen LogP contribution in [0.1, 0.15) is 58.3 Å². The van der Waals surface area contributed by atoms with Crippen LogP contribution in [0.25, 0.3) is 0 Å². The van der Waals surface area contributed by atoms with Gasteiger partial charge in [0.05, 0.1) is 0 Å². The first-order valence-electron chi connectivity index (χ1n) is 5.77. The van der Waals surface area contributed by atoms with Gasteiger partial charge < -0.3 is 5.73 Å². The van der Waals surface area contributed by atoms with Crippen LogP contribution in [0.5, 0.6) is 0 Å². The lowest BCUT2D eigenvalue weighted by molar-refractivity contribution is 0.637. The summed E-state index contributed by atoms with van der Waals surface area (Å²) in [4.78, 5) is 0. The minimum absolute atomic E-state index is 0.820. The van der Waals surface area contributed by atoms with Crippen molar-refractivity contribution in [1.82, 2.24) is 0 Å². The molecule has 0 aliphatic heterocycles. The van der Waals surface area contributed by atoms with Crippen LogP contribution in [0.2, 0.25) is 0 Å². The van der Waals surface area contributed by atoms with Gasteiger partial charge in [-0.05, 0) is 32.2 Å². The molecule has 0 bridgehead atoms. The number of rotatable bonds is 9. The lowest BCUT2D eigenvalue weighted by Gasteiger charge is -1.96. The van der Waals surface area contributed by atoms with Gasteiger partial charge in [-0.15, -0.1) is 0 Å². The monoisotopic (exact) mass is 183 g/mol. The van der Waals surface area contributed by atoms with Crippen molar-refractivity contribution in [1.29, 1.82) is 0 Å². The van der Waals surface area contributed by atoms with E-state index in [0.29, 0.717) is 0 Å². The highest BCUT2D eigenvalue weighted by atomic mass is 14.5. The molecular weight excluding hydrogens is 158 g/mol. The third-order valence-electron chi connectivity index (χ3n) is 2.22. The fourth-order valence-electron chi connectivity index (χ4n) is 1.34. The van der Waals surface area contributed by atoms with Crippen molar-refractivity contribution in [3.8, 4) is 0 Å². The van der Waals surface area contributed by atoms with Crippen molar-refractivity contribution >= 4 is 0 Å². The van der Waals surface area contributed by atoms with Crippen LogP contribution in [0.4, 0.5) is 0 Å². The molecule has 78 valence electrons. The smallest absolute Gasteiger partial charge is 0.00743 e. The van der Waals surface area contributed by atoms with E-state index in [4.69, 9.17) is 5.73 Å². The Morgan fingerprint density at radius 2 is 1.46 bits per heavy atom. The van der Waals surface area contributed by atoms with Crippen LogP contribution in [-0.2, 0) is 0 Å². The second-order valence-corrected chi connectivity index (χ2v) is 3.61.